The van der Waals surface area contributed by atoms with Gasteiger partial charge in [-0.05, 0) is 90.4 Å². The molecule has 42 heavy (non-hydrogen) atoms. The van der Waals surface area contributed by atoms with Crippen molar-refractivity contribution in [1.82, 2.24) is 0 Å². The van der Waals surface area contributed by atoms with Crippen LogP contribution in [-0.2, 0) is 12.2 Å². The van der Waals surface area contributed by atoms with E-state index in [2.05, 4.69) is 160 Å². The third kappa shape index (κ3) is 4.68. The van der Waals surface area contributed by atoms with E-state index in [9.17, 15) is 0 Å². The van der Waals surface area contributed by atoms with Gasteiger partial charge in [-0.25, -0.2) is 0 Å². The van der Waals surface area contributed by atoms with Gasteiger partial charge in [0.2, 0.25) is 0 Å². The van der Waals surface area contributed by atoms with Gasteiger partial charge in [0.15, 0.2) is 0 Å². The van der Waals surface area contributed by atoms with Crippen LogP contribution in [0.15, 0.2) is 114 Å². The quantitative estimate of drug-likeness (QED) is 0.202. The molecule has 1 nitrogen and oxygen atoms in total. The summed E-state index contributed by atoms with van der Waals surface area (Å²) in [4.78, 5) is 2.56. The zero-order valence-corrected chi connectivity index (χ0v) is 25.7. The molecule has 7 rings (SSSR count). The highest BCUT2D eigenvalue weighted by molar-refractivity contribution is 7.99. The Bertz CT molecular complexity index is 1870. The van der Waals surface area contributed by atoms with Crippen molar-refractivity contribution < 1.29 is 0 Å². The minimum atomic E-state index is 0.355. The zero-order chi connectivity index (χ0) is 28.8. The molecule has 1 aliphatic heterocycles. The van der Waals surface area contributed by atoms with E-state index in [1.54, 1.807) is 0 Å². The zero-order valence-electron chi connectivity index (χ0n) is 24.9. The molecule has 2 atom stereocenters. The molecule has 2 heteroatoms. The molecule has 1 heterocycles. The predicted octanol–water partition coefficient (Wildman–Crippen LogP) is 11.4. The van der Waals surface area contributed by atoms with Gasteiger partial charge in [-0.15, -0.1) is 11.8 Å². The normalized spacial score (nSPS) is 17.2. The van der Waals surface area contributed by atoms with Crippen LogP contribution in [0.2, 0.25) is 0 Å². The second-order valence-corrected chi connectivity index (χ2v) is 13.1. The molecule has 0 bridgehead atoms. The number of allylic oxidation sites excluding steroid dienone is 1. The Hall–Kier alpha value is -4.01. The maximum absolute atomic E-state index is 2.56. The van der Waals surface area contributed by atoms with Crippen LogP contribution < -0.4 is 4.90 Å². The van der Waals surface area contributed by atoms with Gasteiger partial charge in [-0.3, -0.25) is 0 Å². The summed E-state index contributed by atoms with van der Waals surface area (Å²) in [6.45, 7) is 9.07. The van der Waals surface area contributed by atoms with Gasteiger partial charge in [0, 0.05) is 28.7 Å². The van der Waals surface area contributed by atoms with Crippen molar-refractivity contribution in [2.24, 2.45) is 0 Å². The largest absolute Gasteiger partial charge is 0.338 e. The van der Waals surface area contributed by atoms with Crippen LogP contribution in [0.3, 0.4) is 0 Å². The molecule has 0 radical (unpaired) electrons. The number of hydrogen-bond acceptors (Lipinski definition) is 2. The minimum Gasteiger partial charge on any atom is -0.338 e. The average Bonchev–Trinajstić information content (AvgIpc) is 3.50. The van der Waals surface area contributed by atoms with Crippen LogP contribution in [-0.4, -0.2) is 6.04 Å². The van der Waals surface area contributed by atoms with Crippen LogP contribution in [0.5, 0.6) is 0 Å². The number of thioether (sulfide) groups is 1. The predicted molar refractivity (Wildman–Crippen MR) is 185 cm³/mol. The van der Waals surface area contributed by atoms with Crippen molar-refractivity contribution in [2.45, 2.75) is 51.2 Å². The Balaban J connectivity index is 1.24. The summed E-state index contributed by atoms with van der Waals surface area (Å²) in [5, 5.41) is 2.95. The molecule has 0 saturated carbocycles. The lowest BCUT2D eigenvalue weighted by molar-refractivity contribution is 0.758. The fraction of sp³-hybridized carbons (Fsp3) is 0.200. The molecule has 2 aliphatic rings. The first-order valence-corrected chi connectivity index (χ1v) is 16.1. The second-order valence-electron chi connectivity index (χ2n) is 12.0. The standard InChI is InChI=1S/C40H37NS/c1-26(2)22-36-31(15-10-18-34(36)33-17-9-14-29-12-5-7-16-32(29)33)25-42-40-27(3)23-37-35(40)19-11-21-39(37)41-28(4)24-30-13-6-8-20-38(30)41/h5-23,28,40H,24-25H2,1-4H3. The van der Waals surface area contributed by atoms with Gasteiger partial charge in [0.05, 0.1) is 5.25 Å². The summed E-state index contributed by atoms with van der Waals surface area (Å²) in [5.41, 5.74) is 15.1. The molecule has 0 aromatic heterocycles. The van der Waals surface area contributed by atoms with Gasteiger partial charge in [-0.1, -0.05) is 114 Å². The third-order valence-electron chi connectivity index (χ3n) is 8.77. The second kappa shape index (κ2) is 11.0. The molecular weight excluding hydrogens is 527 g/mol. The van der Waals surface area contributed by atoms with Crippen LogP contribution in [0, 0.1) is 0 Å². The van der Waals surface area contributed by atoms with Gasteiger partial charge in [0.25, 0.3) is 0 Å². The van der Waals surface area contributed by atoms with Crippen molar-refractivity contribution in [3.63, 3.8) is 0 Å². The van der Waals surface area contributed by atoms with E-state index in [1.807, 2.05) is 0 Å². The molecule has 5 aromatic rings. The number of hydrogen-bond donors (Lipinski definition) is 0. The highest BCUT2D eigenvalue weighted by atomic mass is 32.2. The van der Waals surface area contributed by atoms with Gasteiger partial charge in [0.1, 0.15) is 0 Å². The number of benzene rings is 5. The molecule has 0 spiro atoms. The highest BCUT2D eigenvalue weighted by Crippen LogP contribution is 2.50. The fourth-order valence-corrected chi connectivity index (χ4v) is 8.25. The number of fused-ring (bicyclic) bond motifs is 3. The van der Waals surface area contributed by atoms with E-state index >= 15 is 0 Å². The van der Waals surface area contributed by atoms with Crippen molar-refractivity contribution in [3.05, 3.63) is 142 Å². The van der Waals surface area contributed by atoms with E-state index < -0.39 is 0 Å². The molecule has 0 saturated heterocycles. The van der Waals surface area contributed by atoms with Gasteiger partial charge in [-0.2, -0.15) is 0 Å². The Morgan fingerprint density at radius 2 is 1.52 bits per heavy atom. The van der Waals surface area contributed by atoms with Crippen molar-refractivity contribution in [1.29, 1.82) is 0 Å². The molecule has 1 aliphatic carbocycles. The summed E-state index contributed by atoms with van der Waals surface area (Å²) in [5.74, 6) is 0.959. The Morgan fingerprint density at radius 1 is 0.810 bits per heavy atom. The van der Waals surface area contributed by atoms with E-state index in [4.69, 9.17) is 0 Å². The Labute approximate surface area is 254 Å². The summed E-state index contributed by atoms with van der Waals surface area (Å²) >= 11 is 2.06. The van der Waals surface area contributed by atoms with E-state index in [0.29, 0.717) is 11.3 Å². The first-order chi connectivity index (χ1) is 20.5. The molecule has 0 N–H and O–H groups in total. The first-order valence-electron chi connectivity index (χ1n) is 15.0. The molecule has 0 amide bonds. The number of nitrogens with zero attached hydrogens (tertiary/aromatic N) is 1. The summed E-state index contributed by atoms with van der Waals surface area (Å²) in [7, 11) is 0. The van der Waals surface area contributed by atoms with E-state index in [0.717, 1.165) is 12.2 Å². The fourth-order valence-electron chi connectivity index (χ4n) is 6.94. The van der Waals surface area contributed by atoms with Crippen LogP contribution >= 0.6 is 11.8 Å². The van der Waals surface area contributed by atoms with Crippen molar-refractivity contribution in [2.75, 3.05) is 4.90 Å². The smallest absolute Gasteiger partial charge is 0.0517 e. The van der Waals surface area contributed by atoms with Crippen molar-refractivity contribution >= 4 is 46.1 Å². The third-order valence-corrected chi connectivity index (χ3v) is 10.2. The van der Waals surface area contributed by atoms with Gasteiger partial charge < -0.3 is 4.90 Å². The lowest BCUT2D eigenvalue weighted by atomic mass is 9.91. The van der Waals surface area contributed by atoms with Crippen LogP contribution in [0.1, 0.15) is 60.8 Å². The Morgan fingerprint density at radius 3 is 2.40 bits per heavy atom. The van der Waals surface area contributed by atoms with Crippen LogP contribution in [0.25, 0.3) is 34.1 Å². The number of rotatable bonds is 6. The lowest BCUT2D eigenvalue weighted by Gasteiger charge is -2.27. The number of para-hydroxylation sites is 1. The Kier molecular flexibility index (Phi) is 7.04. The van der Waals surface area contributed by atoms with Gasteiger partial charge >= 0.3 is 0 Å². The molecular formula is C40H37NS. The summed E-state index contributed by atoms with van der Waals surface area (Å²) < 4.78 is 0. The van der Waals surface area contributed by atoms with E-state index in [1.165, 1.54) is 72.2 Å². The summed E-state index contributed by atoms with van der Waals surface area (Å²) in [6, 6.07) is 38.5. The maximum atomic E-state index is 2.56. The molecule has 0 fully saturated rings. The minimum absolute atomic E-state index is 0.355. The lowest BCUT2D eigenvalue weighted by Crippen LogP contribution is -2.24. The molecule has 5 aromatic carbocycles. The highest BCUT2D eigenvalue weighted by Gasteiger charge is 2.32. The SMILES string of the molecule is CC(C)=Cc1c(CSC2C(C)=Cc3c2cccc3N2c3ccccc3CC2C)cccc1-c1cccc2ccccc12. The van der Waals surface area contributed by atoms with E-state index in [-0.39, 0.29) is 0 Å². The first kappa shape index (κ1) is 26.9. The summed E-state index contributed by atoms with van der Waals surface area (Å²) in [6.07, 6.45) is 5.92. The maximum Gasteiger partial charge on any atom is 0.0517 e. The molecule has 2 unspecified atom stereocenters. The topological polar surface area (TPSA) is 3.24 Å². The van der Waals surface area contributed by atoms with Crippen LogP contribution in [0.4, 0.5) is 11.4 Å². The average molecular weight is 564 g/mol. The number of anilines is 2. The molecule has 208 valence electrons. The monoisotopic (exact) mass is 563 g/mol. The van der Waals surface area contributed by atoms with Crippen molar-refractivity contribution in [3.8, 4) is 11.1 Å².